The van der Waals surface area contributed by atoms with Crippen LogP contribution in [0.4, 0.5) is 25.1 Å². The van der Waals surface area contributed by atoms with Crippen molar-refractivity contribution in [2.24, 2.45) is 5.92 Å². The van der Waals surface area contributed by atoms with Crippen molar-refractivity contribution in [2.45, 2.75) is 75.5 Å². The summed E-state index contributed by atoms with van der Waals surface area (Å²) in [6, 6.07) is 16.2. The van der Waals surface area contributed by atoms with E-state index in [1.54, 1.807) is 59.3 Å². The number of anilines is 2. The Kier molecular flexibility index (Phi) is 11.0. The second-order valence-corrected chi connectivity index (χ2v) is 15.9. The van der Waals surface area contributed by atoms with E-state index in [1.807, 2.05) is 17.0 Å². The van der Waals surface area contributed by atoms with E-state index in [0.717, 1.165) is 51.6 Å². The number of piperidine rings is 2. The molecule has 0 spiro atoms. The number of rotatable bonds is 9. The summed E-state index contributed by atoms with van der Waals surface area (Å²) in [6.45, 7) is 2.50. The summed E-state index contributed by atoms with van der Waals surface area (Å²) < 4.78 is 39.5. The zero-order valence-corrected chi connectivity index (χ0v) is 32.1. The monoisotopic (exact) mass is 799 g/mol. The molecule has 3 saturated heterocycles. The van der Waals surface area contributed by atoms with E-state index in [4.69, 9.17) is 21.6 Å². The summed E-state index contributed by atoms with van der Waals surface area (Å²) in [5.41, 5.74) is 1.89. The van der Waals surface area contributed by atoms with Crippen molar-refractivity contribution in [1.29, 1.82) is 5.26 Å². The fraction of sp³-hybridized carbons (Fsp3) is 0.463. The highest BCUT2D eigenvalue weighted by atomic mass is 35.5. The number of alkyl halides is 2. The number of urea groups is 1. The van der Waals surface area contributed by atoms with Gasteiger partial charge < -0.3 is 19.5 Å². The summed E-state index contributed by atoms with van der Waals surface area (Å²) in [5.74, 6) is -1.97. The minimum Gasteiger partial charge on any atom is -0.490 e. The number of carbonyl (C=O) groups is 3. The van der Waals surface area contributed by atoms with Crippen molar-refractivity contribution in [3.05, 3.63) is 77.1 Å². The molecule has 2 aromatic carbocycles. The lowest BCUT2D eigenvalue weighted by Gasteiger charge is -2.42. The largest absolute Gasteiger partial charge is 0.490 e. The third-order valence-corrected chi connectivity index (χ3v) is 12.1. The fourth-order valence-electron chi connectivity index (χ4n) is 8.73. The number of nitrogens with one attached hydrogen (secondary N) is 2. The molecular weight excluding hydrogens is 756 g/mol. The Morgan fingerprint density at radius 1 is 0.982 bits per heavy atom. The molecule has 4 aromatic rings. The molecule has 1 aliphatic carbocycles. The van der Waals surface area contributed by atoms with Gasteiger partial charge in [0.1, 0.15) is 11.8 Å². The molecule has 13 nitrogen and oxygen atoms in total. The van der Waals surface area contributed by atoms with Gasteiger partial charge >= 0.3 is 6.03 Å². The zero-order chi connectivity index (χ0) is 39.7. The van der Waals surface area contributed by atoms with Crippen LogP contribution in [0.3, 0.4) is 0 Å². The van der Waals surface area contributed by atoms with E-state index in [0.29, 0.717) is 58.3 Å². The van der Waals surface area contributed by atoms with Crippen LogP contribution in [-0.2, 0) is 4.79 Å². The van der Waals surface area contributed by atoms with Crippen LogP contribution >= 0.6 is 11.6 Å². The molecule has 4 aliphatic rings. The van der Waals surface area contributed by atoms with Gasteiger partial charge in [-0.25, -0.2) is 13.6 Å². The van der Waals surface area contributed by atoms with Crippen molar-refractivity contribution >= 4 is 51.9 Å². The highest BCUT2D eigenvalue weighted by Crippen LogP contribution is 2.41. The number of fused-ring (bicyclic) bond motifs is 1. The number of amides is 4. The molecule has 16 heteroatoms. The second kappa shape index (κ2) is 16.3. The summed E-state index contributed by atoms with van der Waals surface area (Å²) in [4.78, 5) is 42.7. The standard InChI is InChI=1S/C41H44ClF2N9O4/c42-32-22-30(7-4-27(32)23-45)57-29-8-5-28(6-9-29)46-39(55)33-10-11-37(49-48-33)51-18-12-26(13-19-51)24-50-17-15-36(41(43,44)25-50)52-20-14-31-34(52)2-1-3-35(31)53-21-16-38(54)47-40(53)56/h1-4,7,10-11,14,20,22,26,28-29,36H,5-6,8-9,12-13,15-19,21,24-25H2,(H,46,55)(H,47,54,56). The lowest BCUT2D eigenvalue weighted by molar-refractivity contribution is -0.120. The number of likely N-dealkylation sites (tertiary alicyclic amines) is 1. The second-order valence-electron chi connectivity index (χ2n) is 15.5. The molecule has 5 heterocycles. The first-order valence-corrected chi connectivity index (χ1v) is 20.0. The molecule has 2 N–H and O–H groups in total. The van der Waals surface area contributed by atoms with Crippen LogP contribution in [0.25, 0.3) is 10.9 Å². The van der Waals surface area contributed by atoms with E-state index in [2.05, 4.69) is 25.7 Å². The zero-order valence-electron chi connectivity index (χ0n) is 31.4. The van der Waals surface area contributed by atoms with Gasteiger partial charge in [-0.15, -0.1) is 10.2 Å². The lowest BCUT2D eigenvalue weighted by Crippen LogP contribution is -2.51. The number of ether oxygens (including phenoxy) is 1. The van der Waals surface area contributed by atoms with E-state index in [-0.39, 0.29) is 55.1 Å². The normalized spacial score (nSPS) is 23.2. The van der Waals surface area contributed by atoms with Crippen LogP contribution in [0.15, 0.2) is 60.8 Å². The molecule has 298 valence electrons. The first kappa shape index (κ1) is 38.5. The molecule has 4 amide bonds. The van der Waals surface area contributed by atoms with Crippen molar-refractivity contribution in [3.63, 3.8) is 0 Å². The maximum absolute atomic E-state index is 15.9. The topological polar surface area (TPSA) is 149 Å². The van der Waals surface area contributed by atoms with E-state index >= 15 is 8.78 Å². The van der Waals surface area contributed by atoms with Crippen molar-refractivity contribution in [3.8, 4) is 11.8 Å². The summed E-state index contributed by atoms with van der Waals surface area (Å²) in [6.07, 6.45) is 6.88. The van der Waals surface area contributed by atoms with Gasteiger partial charge in [-0.05, 0) is 93.3 Å². The molecule has 1 unspecified atom stereocenters. The van der Waals surface area contributed by atoms with Crippen LogP contribution in [0.2, 0.25) is 5.02 Å². The van der Waals surface area contributed by atoms with Crippen LogP contribution in [0, 0.1) is 17.2 Å². The summed E-state index contributed by atoms with van der Waals surface area (Å²) in [5, 5.41) is 24.1. The number of nitriles is 1. The van der Waals surface area contributed by atoms with Gasteiger partial charge in [0.15, 0.2) is 11.5 Å². The molecule has 2 aromatic heterocycles. The van der Waals surface area contributed by atoms with Crippen LogP contribution in [0.5, 0.6) is 5.75 Å². The molecule has 57 heavy (non-hydrogen) atoms. The number of hydrogen-bond acceptors (Lipinski definition) is 9. The molecular formula is C41H44ClF2N9O4. The average Bonchev–Trinajstić information content (AvgIpc) is 3.63. The van der Waals surface area contributed by atoms with E-state index in [1.165, 1.54) is 4.90 Å². The fourth-order valence-corrected chi connectivity index (χ4v) is 8.94. The number of hydrogen-bond donors (Lipinski definition) is 2. The van der Waals surface area contributed by atoms with Crippen molar-refractivity contribution in [2.75, 3.05) is 49.1 Å². The molecule has 1 atom stereocenters. The summed E-state index contributed by atoms with van der Waals surface area (Å²) in [7, 11) is 0. The van der Waals surface area contributed by atoms with Gasteiger partial charge in [0.05, 0.1) is 40.5 Å². The Balaban J connectivity index is 0.788. The van der Waals surface area contributed by atoms with Gasteiger partial charge in [-0.1, -0.05) is 17.7 Å². The number of halogens is 3. The molecule has 1 saturated carbocycles. The summed E-state index contributed by atoms with van der Waals surface area (Å²) >= 11 is 6.14. The predicted molar refractivity (Wildman–Crippen MR) is 210 cm³/mol. The first-order chi connectivity index (χ1) is 27.5. The smallest absolute Gasteiger partial charge is 0.328 e. The maximum Gasteiger partial charge on any atom is 0.328 e. The van der Waals surface area contributed by atoms with Gasteiger partial charge in [-0.2, -0.15) is 5.26 Å². The molecule has 0 radical (unpaired) electrons. The molecule has 8 rings (SSSR count). The predicted octanol–water partition coefficient (Wildman–Crippen LogP) is 6.32. The van der Waals surface area contributed by atoms with E-state index < -0.39 is 18.0 Å². The molecule has 3 aliphatic heterocycles. The average molecular weight is 800 g/mol. The van der Waals surface area contributed by atoms with Crippen molar-refractivity contribution < 1.29 is 27.9 Å². The van der Waals surface area contributed by atoms with E-state index in [9.17, 15) is 14.4 Å². The van der Waals surface area contributed by atoms with Gasteiger partial charge in [-0.3, -0.25) is 24.7 Å². The highest BCUT2D eigenvalue weighted by Gasteiger charge is 2.46. The quantitative estimate of drug-likeness (QED) is 0.199. The van der Waals surface area contributed by atoms with Crippen LogP contribution < -0.4 is 25.2 Å². The van der Waals surface area contributed by atoms with Crippen molar-refractivity contribution in [1.82, 2.24) is 30.3 Å². The minimum atomic E-state index is -2.96. The number of aromatic nitrogens is 3. The minimum absolute atomic E-state index is 0.000337. The molecule has 4 fully saturated rings. The Bertz CT molecular complexity index is 2180. The Morgan fingerprint density at radius 3 is 2.49 bits per heavy atom. The van der Waals surface area contributed by atoms with Gasteiger partial charge in [0.25, 0.3) is 11.8 Å². The maximum atomic E-state index is 15.9. The lowest BCUT2D eigenvalue weighted by atomic mass is 9.92. The number of benzene rings is 2. The SMILES string of the molecule is N#Cc1ccc(OC2CCC(NC(=O)c3ccc(N4CCC(CN5CCC(n6ccc7c(N8CCC(=O)NC8=O)cccc76)C(F)(F)C5)CC4)nn3)CC2)cc1Cl. The Labute approximate surface area is 333 Å². The number of carbonyl (C=O) groups excluding carboxylic acids is 3. The van der Waals surface area contributed by atoms with Gasteiger partial charge in [0.2, 0.25) is 5.91 Å². The van der Waals surface area contributed by atoms with Gasteiger partial charge in [0, 0.05) is 62.8 Å². The number of nitrogens with zero attached hydrogens (tertiary/aromatic N) is 7. The Hall–Kier alpha value is -5.33. The number of imide groups is 1. The third kappa shape index (κ3) is 8.38. The molecule has 0 bridgehead atoms. The van der Waals surface area contributed by atoms with Crippen LogP contribution in [-0.4, -0.2) is 94.8 Å². The highest BCUT2D eigenvalue weighted by molar-refractivity contribution is 6.31. The third-order valence-electron chi connectivity index (χ3n) is 11.8. The first-order valence-electron chi connectivity index (χ1n) is 19.6. The van der Waals surface area contributed by atoms with Crippen LogP contribution in [0.1, 0.15) is 73.5 Å². The Morgan fingerprint density at radius 2 is 1.79 bits per heavy atom.